The van der Waals surface area contributed by atoms with Gasteiger partial charge in [-0.15, -0.1) is 0 Å². The van der Waals surface area contributed by atoms with Gasteiger partial charge >= 0.3 is 0 Å². The molecule has 3 N–H and O–H groups in total. The minimum atomic E-state index is -0.579. The van der Waals surface area contributed by atoms with Crippen LogP contribution in [0, 0.1) is 5.92 Å². The van der Waals surface area contributed by atoms with Gasteiger partial charge in [0.1, 0.15) is 5.78 Å². The molecule has 1 aliphatic heterocycles. The molecule has 0 aliphatic carbocycles. The molecule has 0 radical (unpaired) electrons. The molecule has 164 valence electrons. The van der Waals surface area contributed by atoms with Crippen molar-refractivity contribution in [1.82, 2.24) is 16.0 Å². The van der Waals surface area contributed by atoms with Gasteiger partial charge in [0.2, 0.25) is 11.8 Å². The average Bonchev–Trinajstić information content (AvgIpc) is 2.75. The van der Waals surface area contributed by atoms with Crippen LogP contribution in [0.1, 0.15) is 51.0 Å². The Kier molecular flexibility index (Phi) is 10.2. The van der Waals surface area contributed by atoms with E-state index in [0.29, 0.717) is 38.8 Å². The molecule has 7 heteroatoms. The van der Waals surface area contributed by atoms with E-state index in [9.17, 15) is 19.2 Å². The number of hydrogen-bond acceptors (Lipinski definition) is 5. The number of ketones is 2. The van der Waals surface area contributed by atoms with E-state index in [1.54, 1.807) is 0 Å². The minimum Gasteiger partial charge on any atom is -0.356 e. The average molecular weight is 416 g/mol. The van der Waals surface area contributed by atoms with E-state index in [4.69, 9.17) is 0 Å². The molecule has 0 aromatic heterocycles. The molecule has 1 heterocycles. The second-order valence-corrected chi connectivity index (χ2v) is 7.88. The maximum atomic E-state index is 12.9. The third-order valence-corrected chi connectivity index (χ3v) is 5.35. The molecule has 2 rings (SSSR count). The first-order valence-electron chi connectivity index (χ1n) is 10.8. The predicted octanol–water partition coefficient (Wildman–Crippen LogP) is 1.55. The van der Waals surface area contributed by atoms with Crippen molar-refractivity contribution in [2.45, 2.75) is 57.9 Å². The summed E-state index contributed by atoms with van der Waals surface area (Å²) in [6, 6.07) is 9.44. The maximum absolute atomic E-state index is 12.9. The molecular formula is C23H33N3O4. The Morgan fingerprint density at radius 3 is 2.67 bits per heavy atom. The van der Waals surface area contributed by atoms with E-state index in [-0.39, 0.29) is 36.3 Å². The van der Waals surface area contributed by atoms with Gasteiger partial charge in [0.05, 0.1) is 12.6 Å². The Morgan fingerprint density at radius 2 is 1.93 bits per heavy atom. The number of benzene rings is 1. The Hall–Kier alpha value is -2.54. The van der Waals surface area contributed by atoms with Crippen LogP contribution < -0.4 is 16.0 Å². The van der Waals surface area contributed by atoms with Crippen LogP contribution in [0.15, 0.2) is 30.3 Å². The molecule has 0 bridgehead atoms. The van der Waals surface area contributed by atoms with Crippen LogP contribution >= 0.6 is 0 Å². The first kappa shape index (κ1) is 23.7. The number of carbonyl (C=O) groups excluding carboxylic acids is 4. The van der Waals surface area contributed by atoms with Gasteiger partial charge in [0.15, 0.2) is 5.78 Å². The summed E-state index contributed by atoms with van der Waals surface area (Å²) in [5.74, 6) is -0.788. The second kappa shape index (κ2) is 12.9. The highest BCUT2D eigenvalue weighted by atomic mass is 16.2. The summed E-state index contributed by atoms with van der Waals surface area (Å²) in [6.45, 7) is 2.50. The highest BCUT2D eigenvalue weighted by Crippen LogP contribution is 2.17. The zero-order valence-corrected chi connectivity index (χ0v) is 17.7. The Morgan fingerprint density at radius 1 is 1.17 bits per heavy atom. The molecule has 1 saturated heterocycles. The number of carbonyl (C=O) groups is 4. The van der Waals surface area contributed by atoms with Crippen molar-refractivity contribution in [3.63, 3.8) is 0 Å². The van der Waals surface area contributed by atoms with Crippen molar-refractivity contribution in [1.29, 1.82) is 0 Å². The van der Waals surface area contributed by atoms with Gasteiger partial charge in [-0.3, -0.25) is 19.2 Å². The molecule has 7 nitrogen and oxygen atoms in total. The van der Waals surface area contributed by atoms with Crippen molar-refractivity contribution in [2.24, 2.45) is 5.92 Å². The fourth-order valence-electron chi connectivity index (χ4n) is 3.70. The number of hydrogen-bond donors (Lipinski definition) is 3. The summed E-state index contributed by atoms with van der Waals surface area (Å²) in [5, 5.41) is 8.58. The lowest BCUT2D eigenvalue weighted by Crippen LogP contribution is -2.41. The Labute approximate surface area is 178 Å². The quantitative estimate of drug-likeness (QED) is 0.598. The molecule has 2 amide bonds. The minimum absolute atomic E-state index is 0.0106. The highest BCUT2D eigenvalue weighted by Gasteiger charge is 2.26. The van der Waals surface area contributed by atoms with Crippen molar-refractivity contribution in [3.8, 4) is 0 Å². The molecule has 1 aromatic carbocycles. The fraction of sp³-hybridized carbons (Fsp3) is 0.565. The van der Waals surface area contributed by atoms with E-state index in [2.05, 4.69) is 16.0 Å². The van der Waals surface area contributed by atoms with Gasteiger partial charge in [-0.2, -0.15) is 0 Å². The first-order chi connectivity index (χ1) is 14.5. The summed E-state index contributed by atoms with van der Waals surface area (Å²) in [5.41, 5.74) is 1.19. The Balaban J connectivity index is 1.94. The van der Waals surface area contributed by atoms with E-state index >= 15 is 0 Å². The van der Waals surface area contributed by atoms with Crippen molar-refractivity contribution in [2.75, 3.05) is 19.6 Å². The van der Waals surface area contributed by atoms with Gasteiger partial charge in [0.25, 0.3) is 0 Å². The van der Waals surface area contributed by atoms with Crippen LogP contribution in [0.25, 0.3) is 0 Å². The van der Waals surface area contributed by atoms with E-state index in [0.717, 1.165) is 12.8 Å². The molecule has 1 aromatic rings. The van der Waals surface area contributed by atoms with E-state index in [1.807, 2.05) is 30.3 Å². The first-order valence-corrected chi connectivity index (χ1v) is 10.8. The second-order valence-electron chi connectivity index (χ2n) is 7.88. The lowest BCUT2D eigenvalue weighted by atomic mass is 9.89. The summed E-state index contributed by atoms with van der Waals surface area (Å²) in [4.78, 5) is 48.8. The smallest absolute Gasteiger partial charge is 0.221 e. The number of amides is 2. The van der Waals surface area contributed by atoms with Crippen LogP contribution in [0.4, 0.5) is 0 Å². The monoisotopic (exact) mass is 415 g/mol. The van der Waals surface area contributed by atoms with Crippen LogP contribution in [0.5, 0.6) is 0 Å². The fourth-order valence-corrected chi connectivity index (χ4v) is 3.70. The zero-order chi connectivity index (χ0) is 21.8. The largest absolute Gasteiger partial charge is 0.356 e. The third-order valence-electron chi connectivity index (χ3n) is 5.35. The summed E-state index contributed by atoms with van der Waals surface area (Å²) in [6.07, 6.45) is 3.79. The normalized spacial score (nSPS) is 19.3. The summed E-state index contributed by atoms with van der Waals surface area (Å²) >= 11 is 0. The predicted molar refractivity (Wildman–Crippen MR) is 115 cm³/mol. The molecule has 1 fully saturated rings. The Bertz CT molecular complexity index is 720. The molecule has 1 aliphatic rings. The van der Waals surface area contributed by atoms with Gasteiger partial charge in [-0.25, -0.2) is 0 Å². The van der Waals surface area contributed by atoms with Gasteiger partial charge < -0.3 is 16.0 Å². The molecule has 30 heavy (non-hydrogen) atoms. The van der Waals surface area contributed by atoms with Gasteiger partial charge in [-0.05, 0) is 37.7 Å². The van der Waals surface area contributed by atoms with Crippen LogP contribution in [-0.4, -0.2) is 49.1 Å². The van der Waals surface area contributed by atoms with Gasteiger partial charge in [0, 0.05) is 38.8 Å². The van der Waals surface area contributed by atoms with E-state index < -0.39 is 12.0 Å². The zero-order valence-electron chi connectivity index (χ0n) is 17.7. The maximum Gasteiger partial charge on any atom is 0.221 e. The molecule has 0 unspecified atom stereocenters. The lowest BCUT2D eigenvalue weighted by Gasteiger charge is -2.21. The van der Waals surface area contributed by atoms with Gasteiger partial charge in [-0.1, -0.05) is 30.3 Å². The van der Waals surface area contributed by atoms with Crippen molar-refractivity contribution < 1.29 is 19.2 Å². The highest BCUT2D eigenvalue weighted by molar-refractivity contribution is 5.93. The van der Waals surface area contributed by atoms with Crippen LogP contribution in [0.2, 0.25) is 0 Å². The van der Waals surface area contributed by atoms with E-state index in [1.165, 1.54) is 12.5 Å². The molecular weight excluding hydrogens is 382 g/mol. The standard InChI is InChI=1S/C23H33N3O4/c1-17(27)26-20(11-5-9-18-7-3-2-4-8-18)21(28)15-19-10-6-13-25-23(30)12-14-24-16-22(19)29/h2-4,7-8,19-20,24H,5-6,9-16H2,1H3,(H,25,30)(H,26,27)/t19-,20+/m1/s1. The third kappa shape index (κ3) is 8.86. The molecule has 0 saturated carbocycles. The SMILES string of the molecule is CC(=O)N[C@@H](CCCc1ccccc1)C(=O)C[C@H]1CCCNC(=O)CCNCC1=O. The topological polar surface area (TPSA) is 104 Å². The van der Waals surface area contributed by atoms with Crippen LogP contribution in [-0.2, 0) is 25.6 Å². The van der Waals surface area contributed by atoms with Crippen molar-refractivity contribution >= 4 is 23.4 Å². The van der Waals surface area contributed by atoms with Crippen LogP contribution in [0.3, 0.4) is 0 Å². The molecule has 0 spiro atoms. The number of rotatable bonds is 8. The number of Topliss-reactive ketones (excluding diaryl/α,β-unsaturated/α-hetero) is 2. The number of nitrogens with one attached hydrogen (secondary N) is 3. The molecule has 2 atom stereocenters. The summed E-state index contributed by atoms with van der Waals surface area (Å²) in [7, 11) is 0. The summed E-state index contributed by atoms with van der Waals surface area (Å²) < 4.78 is 0. The lowest BCUT2D eigenvalue weighted by molar-refractivity contribution is -0.130. The number of aryl methyl sites for hydroxylation is 1. The van der Waals surface area contributed by atoms with Crippen molar-refractivity contribution in [3.05, 3.63) is 35.9 Å².